The average molecular weight is 352 g/mol. The molecule has 3 heterocycles. The van der Waals surface area contributed by atoms with Crippen LogP contribution in [0.25, 0.3) is 11.1 Å². The van der Waals surface area contributed by atoms with Crippen molar-refractivity contribution >= 4 is 11.9 Å². The first kappa shape index (κ1) is 16.6. The van der Waals surface area contributed by atoms with Gasteiger partial charge in [0.05, 0.1) is 18.1 Å². The van der Waals surface area contributed by atoms with Crippen molar-refractivity contribution in [3.63, 3.8) is 0 Å². The van der Waals surface area contributed by atoms with Gasteiger partial charge in [-0.3, -0.25) is 14.6 Å². The molecule has 1 aromatic carbocycles. The Bertz CT molecular complexity index is 880. The third kappa shape index (κ3) is 2.81. The molecule has 2 aliphatic rings. The second kappa shape index (κ2) is 6.44. The van der Waals surface area contributed by atoms with E-state index in [9.17, 15) is 14.7 Å². The molecule has 0 aliphatic carbocycles. The van der Waals surface area contributed by atoms with Crippen molar-refractivity contribution in [1.82, 2.24) is 9.88 Å². The van der Waals surface area contributed by atoms with Gasteiger partial charge in [-0.2, -0.15) is 0 Å². The number of hydrogen-bond acceptors (Lipinski definition) is 4. The summed E-state index contributed by atoms with van der Waals surface area (Å²) in [5, 5.41) is 9.26. The normalized spacial score (nSPS) is 21.3. The van der Waals surface area contributed by atoms with Crippen LogP contribution >= 0.6 is 0 Å². The summed E-state index contributed by atoms with van der Waals surface area (Å²) in [6.07, 6.45) is 4.65. The Kier molecular flexibility index (Phi) is 4.11. The van der Waals surface area contributed by atoms with Crippen LogP contribution in [0.5, 0.6) is 5.75 Å². The molecular weight excluding hydrogens is 332 g/mol. The number of benzene rings is 1. The number of nitrogens with zero attached hydrogens (tertiary/aromatic N) is 2. The second-order valence-electron chi connectivity index (χ2n) is 6.86. The monoisotopic (exact) mass is 352 g/mol. The zero-order valence-corrected chi connectivity index (χ0v) is 14.5. The van der Waals surface area contributed by atoms with Crippen LogP contribution in [0.15, 0.2) is 36.7 Å². The van der Waals surface area contributed by atoms with Crippen molar-refractivity contribution in [2.75, 3.05) is 13.2 Å². The molecule has 1 aromatic heterocycles. The molecule has 6 heteroatoms. The number of hydrogen-bond donors (Lipinski definition) is 1. The van der Waals surface area contributed by atoms with Crippen LogP contribution in [0.3, 0.4) is 0 Å². The van der Waals surface area contributed by atoms with Gasteiger partial charge in [0, 0.05) is 37.0 Å². The average Bonchev–Trinajstić information content (AvgIpc) is 3.26. The third-order valence-electron chi connectivity index (χ3n) is 5.34. The molecule has 0 bridgehead atoms. The highest BCUT2D eigenvalue weighted by molar-refractivity contribution is 5.96. The number of likely N-dealkylation sites (tertiary alicyclic amines) is 1. The summed E-state index contributed by atoms with van der Waals surface area (Å²) < 4.78 is 5.54. The Hall–Kier alpha value is -2.89. The smallest absolute Gasteiger partial charge is 0.308 e. The largest absolute Gasteiger partial charge is 0.493 e. The summed E-state index contributed by atoms with van der Waals surface area (Å²) in [5.74, 6) is -0.605. The van der Waals surface area contributed by atoms with E-state index in [1.54, 1.807) is 24.2 Å². The van der Waals surface area contributed by atoms with Gasteiger partial charge in [-0.1, -0.05) is 6.07 Å². The number of carbonyl (C=O) groups excluding carboxylic acids is 1. The maximum absolute atomic E-state index is 12.9. The van der Waals surface area contributed by atoms with Crippen LogP contribution in [0.4, 0.5) is 0 Å². The van der Waals surface area contributed by atoms with E-state index in [-0.39, 0.29) is 11.9 Å². The molecule has 134 valence electrons. The molecule has 1 amide bonds. The SMILES string of the molecule is CC1C(C(=O)O)CCN1C(=O)c1cncc(-c2ccc3c(c2)CCO3)c1. The van der Waals surface area contributed by atoms with Crippen molar-refractivity contribution in [2.45, 2.75) is 25.8 Å². The van der Waals surface area contributed by atoms with Crippen LogP contribution in [-0.4, -0.2) is 46.1 Å². The molecule has 0 spiro atoms. The number of aromatic nitrogens is 1. The highest BCUT2D eigenvalue weighted by atomic mass is 16.5. The standard InChI is InChI=1S/C20H20N2O4/c1-12-17(20(24)25)4-6-22(12)19(23)16-9-15(10-21-11-16)13-2-3-18-14(8-13)5-7-26-18/h2-3,8-12,17H,4-7H2,1H3,(H,24,25). The number of amides is 1. The number of pyridine rings is 1. The van der Waals surface area contributed by atoms with Gasteiger partial charge in [0.25, 0.3) is 5.91 Å². The fourth-order valence-electron chi connectivity index (χ4n) is 3.80. The van der Waals surface area contributed by atoms with E-state index < -0.39 is 11.9 Å². The second-order valence-corrected chi connectivity index (χ2v) is 6.86. The van der Waals surface area contributed by atoms with Gasteiger partial charge < -0.3 is 14.7 Å². The van der Waals surface area contributed by atoms with Gasteiger partial charge in [0.2, 0.25) is 0 Å². The van der Waals surface area contributed by atoms with Crippen molar-refractivity contribution in [2.24, 2.45) is 5.92 Å². The van der Waals surface area contributed by atoms with E-state index in [1.165, 1.54) is 0 Å². The first-order chi connectivity index (χ1) is 12.5. The van der Waals surface area contributed by atoms with Gasteiger partial charge in [0.15, 0.2) is 0 Å². The van der Waals surface area contributed by atoms with E-state index in [1.807, 2.05) is 18.2 Å². The van der Waals surface area contributed by atoms with E-state index in [0.717, 1.165) is 28.9 Å². The fourth-order valence-corrected chi connectivity index (χ4v) is 3.80. The Morgan fingerprint density at radius 1 is 1.23 bits per heavy atom. The van der Waals surface area contributed by atoms with Gasteiger partial charge in [0.1, 0.15) is 5.75 Å². The van der Waals surface area contributed by atoms with Crippen molar-refractivity contribution in [1.29, 1.82) is 0 Å². The third-order valence-corrected chi connectivity index (χ3v) is 5.34. The molecule has 26 heavy (non-hydrogen) atoms. The maximum atomic E-state index is 12.9. The van der Waals surface area contributed by atoms with Crippen molar-refractivity contribution < 1.29 is 19.4 Å². The van der Waals surface area contributed by atoms with E-state index in [4.69, 9.17) is 4.74 Å². The zero-order chi connectivity index (χ0) is 18.3. The van der Waals surface area contributed by atoms with Crippen LogP contribution in [0.1, 0.15) is 29.3 Å². The number of aliphatic carboxylic acids is 1. The predicted octanol–water partition coefficient (Wildman–Crippen LogP) is 2.62. The highest BCUT2D eigenvalue weighted by Crippen LogP contribution is 2.31. The van der Waals surface area contributed by atoms with Crippen LogP contribution in [0.2, 0.25) is 0 Å². The molecule has 2 unspecified atom stereocenters. The summed E-state index contributed by atoms with van der Waals surface area (Å²) in [6, 6.07) is 7.50. The van der Waals surface area contributed by atoms with E-state index in [2.05, 4.69) is 11.1 Å². The molecule has 6 nitrogen and oxygen atoms in total. The number of carbonyl (C=O) groups is 2. The summed E-state index contributed by atoms with van der Waals surface area (Å²) in [5.41, 5.74) is 3.51. The van der Waals surface area contributed by atoms with E-state index in [0.29, 0.717) is 25.1 Å². The minimum absolute atomic E-state index is 0.167. The van der Waals surface area contributed by atoms with Crippen LogP contribution < -0.4 is 4.74 Å². The Labute approximate surface area is 151 Å². The number of carboxylic acid groups (broad SMARTS) is 1. The van der Waals surface area contributed by atoms with Gasteiger partial charge in [-0.15, -0.1) is 0 Å². The lowest BCUT2D eigenvalue weighted by Gasteiger charge is -2.23. The summed E-state index contributed by atoms with van der Waals surface area (Å²) >= 11 is 0. The van der Waals surface area contributed by atoms with Gasteiger partial charge in [-0.05, 0) is 42.7 Å². The summed E-state index contributed by atoms with van der Waals surface area (Å²) in [4.78, 5) is 30.0. The fraction of sp³-hybridized carbons (Fsp3) is 0.350. The van der Waals surface area contributed by atoms with Gasteiger partial charge in [-0.25, -0.2) is 0 Å². The van der Waals surface area contributed by atoms with Crippen molar-refractivity contribution in [3.05, 3.63) is 47.8 Å². The summed E-state index contributed by atoms with van der Waals surface area (Å²) in [7, 11) is 0. The molecule has 2 aromatic rings. The number of carboxylic acids is 1. The first-order valence-corrected chi connectivity index (χ1v) is 8.79. The Morgan fingerprint density at radius 3 is 2.85 bits per heavy atom. The molecule has 2 atom stereocenters. The number of rotatable bonds is 3. The number of ether oxygens (including phenoxy) is 1. The molecular formula is C20H20N2O4. The minimum Gasteiger partial charge on any atom is -0.493 e. The molecule has 0 saturated carbocycles. The Morgan fingerprint density at radius 2 is 2.08 bits per heavy atom. The topological polar surface area (TPSA) is 79.7 Å². The summed E-state index contributed by atoms with van der Waals surface area (Å²) in [6.45, 7) is 2.95. The number of fused-ring (bicyclic) bond motifs is 1. The van der Waals surface area contributed by atoms with Crippen LogP contribution in [0, 0.1) is 5.92 Å². The van der Waals surface area contributed by atoms with Crippen LogP contribution in [-0.2, 0) is 11.2 Å². The molecule has 1 N–H and O–H groups in total. The van der Waals surface area contributed by atoms with Gasteiger partial charge >= 0.3 is 5.97 Å². The lowest BCUT2D eigenvalue weighted by Crippen LogP contribution is -2.37. The molecule has 1 saturated heterocycles. The maximum Gasteiger partial charge on any atom is 0.308 e. The molecule has 0 radical (unpaired) electrons. The first-order valence-electron chi connectivity index (χ1n) is 8.79. The molecule has 2 aliphatic heterocycles. The highest BCUT2D eigenvalue weighted by Gasteiger charge is 2.38. The molecule has 1 fully saturated rings. The Balaban J connectivity index is 1.60. The lowest BCUT2D eigenvalue weighted by atomic mass is 10.0. The minimum atomic E-state index is -0.847. The predicted molar refractivity (Wildman–Crippen MR) is 95.1 cm³/mol. The molecule has 4 rings (SSSR count). The lowest BCUT2D eigenvalue weighted by molar-refractivity contribution is -0.142. The zero-order valence-electron chi connectivity index (χ0n) is 14.5. The van der Waals surface area contributed by atoms with E-state index >= 15 is 0 Å². The van der Waals surface area contributed by atoms with Crippen molar-refractivity contribution in [3.8, 4) is 16.9 Å². The quantitative estimate of drug-likeness (QED) is 0.918.